The Morgan fingerprint density at radius 3 is 1.86 bits per heavy atom. The van der Waals surface area contributed by atoms with Crippen LogP contribution in [-0.4, -0.2) is 23.1 Å². The van der Waals surface area contributed by atoms with Crippen molar-refractivity contribution in [3.05, 3.63) is 77.4 Å². The van der Waals surface area contributed by atoms with Crippen LogP contribution in [0.3, 0.4) is 0 Å². The van der Waals surface area contributed by atoms with E-state index in [4.69, 9.17) is 10.8 Å². The molecule has 22 heavy (non-hydrogen) atoms. The van der Waals surface area contributed by atoms with E-state index in [1.807, 2.05) is 5.87 Å². The fourth-order valence-corrected chi connectivity index (χ4v) is 1.98. The van der Waals surface area contributed by atoms with Gasteiger partial charge in [0, 0.05) is 11.1 Å². The second-order valence-electron chi connectivity index (χ2n) is 4.64. The number of allylic oxidation sites excluding steroid dienone is 1. The van der Waals surface area contributed by atoms with E-state index in [-0.39, 0.29) is 23.5 Å². The van der Waals surface area contributed by atoms with E-state index in [0.717, 1.165) is 0 Å². The maximum atomic E-state index is 12.3. The molecule has 108 valence electrons. The minimum atomic E-state index is -0.471. The lowest BCUT2D eigenvalue weighted by Crippen LogP contribution is -2.17. The third kappa shape index (κ3) is 3.51. The third-order valence-electron chi connectivity index (χ3n) is 3.12. The summed E-state index contributed by atoms with van der Waals surface area (Å²) in [7, 11) is 0. The van der Waals surface area contributed by atoms with Crippen molar-refractivity contribution in [1.82, 2.24) is 0 Å². The van der Waals surface area contributed by atoms with Crippen LogP contribution in [0.15, 0.2) is 66.2 Å². The normalized spacial score (nSPS) is 9.64. The minimum absolute atomic E-state index is 0.185. The van der Waals surface area contributed by atoms with E-state index in [1.54, 1.807) is 60.7 Å². The van der Waals surface area contributed by atoms with Gasteiger partial charge in [0.2, 0.25) is 5.78 Å². The molecule has 0 unspecified atom stereocenters. The highest BCUT2D eigenvalue weighted by Gasteiger charge is 2.19. The second kappa shape index (κ2) is 7.07. The van der Waals surface area contributed by atoms with Crippen LogP contribution in [0.4, 0.5) is 0 Å². The largest absolute Gasteiger partial charge is 0.303 e. The molecule has 2 rings (SSSR count). The van der Waals surface area contributed by atoms with Crippen molar-refractivity contribution in [3.8, 4) is 0 Å². The zero-order valence-electron chi connectivity index (χ0n) is 11.8. The topological polar surface area (TPSA) is 81.8 Å². The standard InChI is InChI=1S/C18H14N2O2/c19-12-15(18(22)14-9-5-2-6-10-14)16(20)11-17(21)13-7-3-1-4-8-13/h1-10,19-20H,11H2. The van der Waals surface area contributed by atoms with Crippen LogP contribution in [0.2, 0.25) is 0 Å². The quantitative estimate of drug-likeness (QED) is 0.486. The van der Waals surface area contributed by atoms with Gasteiger partial charge in [-0.15, -0.1) is 0 Å². The Hall–Kier alpha value is -3.10. The molecule has 0 fully saturated rings. The fraction of sp³-hybridized carbons (Fsp3) is 0.0556. The van der Waals surface area contributed by atoms with E-state index in [0.29, 0.717) is 11.1 Å². The lowest BCUT2D eigenvalue weighted by atomic mass is 9.96. The number of rotatable bonds is 6. The van der Waals surface area contributed by atoms with E-state index in [9.17, 15) is 9.59 Å². The predicted molar refractivity (Wildman–Crippen MR) is 85.1 cm³/mol. The number of carbonyl (C=O) groups is 2. The monoisotopic (exact) mass is 290 g/mol. The van der Waals surface area contributed by atoms with Crippen LogP contribution < -0.4 is 0 Å². The Balaban J connectivity index is 2.16. The average molecular weight is 290 g/mol. The number of Topliss-reactive ketones (excluding diaryl/α,β-unsaturated/α-hetero) is 2. The summed E-state index contributed by atoms with van der Waals surface area (Å²) in [5.41, 5.74) is 0.464. The van der Waals surface area contributed by atoms with Gasteiger partial charge in [-0.05, 0) is 5.87 Å². The molecule has 0 aliphatic heterocycles. The summed E-state index contributed by atoms with van der Waals surface area (Å²) in [4.78, 5) is 24.3. The van der Waals surface area contributed by atoms with Crippen molar-refractivity contribution in [1.29, 1.82) is 10.8 Å². The Morgan fingerprint density at radius 2 is 1.36 bits per heavy atom. The van der Waals surface area contributed by atoms with Gasteiger partial charge in [0.1, 0.15) is 5.57 Å². The van der Waals surface area contributed by atoms with Gasteiger partial charge >= 0.3 is 0 Å². The summed E-state index contributed by atoms with van der Waals surface area (Å²) in [6.07, 6.45) is -0.232. The summed E-state index contributed by atoms with van der Waals surface area (Å²) < 4.78 is 0. The molecule has 0 amide bonds. The lowest BCUT2D eigenvalue weighted by Gasteiger charge is -2.06. The third-order valence-corrected chi connectivity index (χ3v) is 3.12. The first-order chi connectivity index (χ1) is 10.6. The molecule has 0 aromatic heterocycles. The van der Waals surface area contributed by atoms with Crippen molar-refractivity contribution in [3.63, 3.8) is 0 Å². The van der Waals surface area contributed by atoms with Gasteiger partial charge in [0.25, 0.3) is 0 Å². The lowest BCUT2D eigenvalue weighted by molar-refractivity contribution is 0.100. The summed E-state index contributed by atoms with van der Waals surface area (Å²) in [6, 6.07) is 17.0. The molecule has 2 N–H and O–H groups in total. The average Bonchev–Trinajstić information content (AvgIpc) is 2.57. The van der Waals surface area contributed by atoms with Gasteiger partial charge in [0.05, 0.1) is 12.1 Å². The zero-order chi connectivity index (χ0) is 15.9. The number of carbonyl (C=O) groups excluding carboxylic acids is 2. The van der Waals surface area contributed by atoms with Gasteiger partial charge < -0.3 is 5.41 Å². The molecule has 0 radical (unpaired) electrons. The first-order valence-electron chi connectivity index (χ1n) is 6.69. The molecule has 2 aromatic rings. The predicted octanol–water partition coefficient (Wildman–Crippen LogP) is 3.34. The fourth-order valence-electron chi connectivity index (χ4n) is 1.98. The number of nitrogens with one attached hydrogen (secondary N) is 2. The van der Waals surface area contributed by atoms with Crippen LogP contribution in [-0.2, 0) is 0 Å². The Bertz CT molecular complexity index is 758. The van der Waals surface area contributed by atoms with Crippen LogP contribution in [0.25, 0.3) is 0 Å². The summed E-state index contributed by atoms with van der Waals surface area (Å²) in [6.45, 7) is 0. The second-order valence-corrected chi connectivity index (χ2v) is 4.64. The van der Waals surface area contributed by atoms with Gasteiger partial charge in [0.15, 0.2) is 5.78 Å². The molecular weight excluding hydrogens is 276 g/mol. The first-order valence-corrected chi connectivity index (χ1v) is 6.69. The van der Waals surface area contributed by atoms with Crippen molar-refractivity contribution < 1.29 is 9.59 Å². The molecular formula is C18H14N2O2. The Labute approximate surface area is 128 Å². The van der Waals surface area contributed by atoms with Crippen molar-refractivity contribution >= 4 is 23.1 Å². The first kappa shape index (κ1) is 15.3. The van der Waals surface area contributed by atoms with E-state index < -0.39 is 5.78 Å². The number of benzene rings is 2. The SMILES string of the molecule is N=C=C(C(=N)CC(=O)c1ccccc1)C(=O)c1ccccc1. The zero-order valence-corrected chi connectivity index (χ0v) is 11.8. The van der Waals surface area contributed by atoms with Gasteiger partial charge in [-0.2, -0.15) is 0 Å². The van der Waals surface area contributed by atoms with Crippen LogP contribution >= 0.6 is 0 Å². The minimum Gasteiger partial charge on any atom is -0.303 e. The summed E-state index contributed by atoms with van der Waals surface area (Å²) in [5.74, 6) is 1.26. The van der Waals surface area contributed by atoms with E-state index in [1.165, 1.54) is 0 Å². The van der Waals surface area contributed by atoms with Crippen LogP contribution in [0.5, 0.6) is 0 Å². The molecule has 0 saturated heterocycles. The van der Waals surface area contributed by atoms with Crippen molar-refractivity contribution in [2.45, 2.75) is 6.42 Å². The van der Waals surface area contributed by atoms with Gasteiger partial charge in [-0.1, -0.05) is 60.7 Å². The van der Waals surface area contributed by atoms with Crippen molar-refractivity contribution in [2.75, 3.05) is 0 Å². The Morgan fingerprint density at radius 1 is 0.864 bits per heavy atom. The molecule has 4 nitrogen and oxygen atoms in total. The molecule has 0 bridgehead atoms. The van der Waals surface area contributed by atoms with E-state index >= 15 is 0 Å². The van der Waals surface area contributed by atoms with Crippen LogP contribution in [0, 0.1) is 10.8 Å². The summed E-state index contributed by atoms with van der Waals surface area (Å²) in [5, 5.41) is 15.2. The maximum Gasteiger partial charge on any atom is 0.204 e. The molecule has 0 heterocycles. The molecule has 4 heteroatoms. The highest BCUT2D eigenvalue weighted by Crippen LogP contribution is 2.11. The van der Waals surface area contributed by atoms with Crippen molar-refractivity contribution in [2.24, 2.45) is 0 Å². The molecule has 2 aromatic carbocycles. The maximum absolute atomic E-state index is 12.3. The van der Waals surface area contributed by atoms with Gasteiger partial charge in [-0.3, -0.25) is 15.0 Å². The summed E-state index contributed by atoms with van der Waals surface area (Å²) >= 11 is 0. The number of ketones is 2. The van der Waals surface area contributed by atoms with Gasteiger partial charge in [-0.25, -0.2) is 0 Å². The highest BCUT2D eigenvalue weighted by atomic mass is 16.1. The number of hydrogen-bond acceptors (Lipinski definition) is 4. The smallest absolute Gasteiger partial charge is 0.204 e. The molecule has 0 atom stereocenters. The molecule has 0 aliphatic carbocycles. The Kier molecular flexibility index (Phi) is 4.91. The molecule has 0 spiro atoms. The van der Waals surface area contributed by atoms with Crippen LogP contribution in [0.1, 0.15) is 27.1 Å². The molecule has 0 saturated carbocycles. The highest BCUT2D eigenvalue weighted by molar-refractivity contribution is 6.34. The molecule has 0 aliphatic rings. The number of hydrogen-bond donors (Lipinski definition) is 2. The van der Waals surface area contributed by atoms with E-state index in [2.05, 4.69) is 0 Å².